The predicted octanol–water partition coefficient (Wildman–Crippen LogP) is 6.29. The molecular weight excluding hydrogens is 382 g/mol. The van der Waals surface area contributed by atoms with E-state index in [4.69, 9.17) is 11.6 Å². The summed E-state index contributed by atoms with van der Waals surface area (Å²) in [6.45, 7) is 4.57. The Morgan fingerprint density at radius 2 is 1.92 bits per heavy atom. The zero-order chi connectivity index (χ0) is 17.9. The van der Waals surface area contributed by atoms with Crippen molar-refractivity contribution < 1.29 is 0 Å². The van der Waals surface area contributed by atoms with E-state index in [1.807, 2.05) is 30.3 Å². The maximum absolute atomic E-state index is 5.96. The van der Waals surface area contributed by atoms with Crippen LogP contribution in [0.1, 0.15) is 5.56 Å². The molecule has 4 rings (SSSR count). The third-order valence-electron chi connectivity index (χ3n) is 4.03. The zero-order valence-corrected chi connectivity index (χ0v) is 16.3. The third-order valence-corrected chi connectivity index (χ3v) is 6.28. The van der Waals surface area contributed by atoms with Gasteiger partial charge in [0, 0.05) is 38.3 Å². The minimum atomic E-state index is 0.676. The second-order valence-electron chi connectivity index (χ2n) is 5.77. The molecule has 0 saturated carbocycles. The lowest BCUT2D eigenvalue weighted by molar-refractivity contribution is 0.731. The number of nitrogens with zero attached hydrogens (tertiary/aromatic N) is 3. The summed E-state index contributed by atoms with van der Waals surface area (Å²) in [4.78, 5) is 0. The van der Waals surface area contributed by atoms with Crippen LogP contribution in [0.2, 0.25) is 5.02 Å². The topological polar surface area (TPSA) is 30.7 Å². The van der Waals surface area contributed by atoms with Crippen LogP contribution in [0.15, 0.2) is 71.7 Å². The van der Waals surface area contributed by atoms with E-state index in [2.05, 4.69) is 51.0 Å². The summed E-state index contributed by atoms with van der Waals surface area (Å²) in [6, 6.07) is 16.3. The molecule has 0 N–H and O–H groups in total. The second-order valence-corrected chi connectivity index (χ2v) is 8.06. The molecule has 0 aliphatic rings. The van der Waals surface area contributed by atoms with Crippen molar-refractivity contribution in [3.63, 3.8) is 0 Å². The standard InChI is InChI=1S/C20H16ClN3S2/c1-2-11-24-19(17-13-25-18-6-4-3-5-16(17)18)22-23-20(24)26-12-14-7-9-15(21)10-8-14/h2-10,13H,1,11-12H2. The van der Waals surface area contributed by atoms with Gasteiger partial charge in [-0.15, -0.1) is 28.1 Å². The van der Waals surface area contributed by atoms with Gasteiger partial charge in [-0.2, -0.15) is 0 Å². The van der Waals surface area contributed by atoms with Gasteiger partial charge in [-0.25, -0.2) is 0 Å². The molecule has 130 valence electrons. The summed E-state index contributed by atoms with van der Waals surface area (Å²) in [7, 11) is 0. The van der Waals surface area contributed by atoms with E-state index in [0.717, 1.165) is 27.3 Å². The molecule has 0 saturated heterocycles. The van der Waals surface area contributed by atoms with Crippen LogP contribution in [0.25, 0.3) is 21.5 Å². The molecule has 0 unspecified atom stereocenters. The summed E-state index contributed by atoms with van der Waals surface area (Å²) < 4.78 is 3.38. The van der Waals surface area contributed by atoms with Gasteiger partial charge in [0.05, 0.1) is 0 Å². The van der Waals surface area contributed by atoms with Gasteiger partial charge in [0.25, 0.3) is 0 Å². The van der Waals surface area contributed by atoms with Crippen LogP contribution in [0.5, 0.6) is 0 Å². The molecule has 4 aromatic rings. The normalized spacial score (nSPS) is 11.1. The molecular formula is C20H16ClN3S2. The first-order valence-electron chi connectivity index (χ1n) is 8.14. The average molecular weight is 398 g/mol. The van der Waals surface area contributed by atoms with Crippen molar-refractivity contribution in [2.75, 3.05) is 0 Å². The summed E-state index contributed by atoms with van der Waals surface area (Å²) >= 11 is 9.36. The number of hydrogen-bond donors (Lipinski definition) is 0. The molecule has 26 heavy (non-hydrogen) atoms. The van der Waals surface area contributed by atoms with E-state index in [0.29, 0.717) is 6.54 Å². The minimum Gasteiger partial charge on any atom is -0.298 e. The molecule has 0 amide bonds. The Morgan fingerprint density at radius 1 is 1.12 bits per heavy atom. The summed E-state index contributed by atoms with van der Waals surface area (Å²) in [6.07, 6.45) is 1.88. The lowest BCUT2D eigenvalue weighted by atomic mass is 10.1. The highest BCUT2D eigenvalue weighted by atomic mass is 35.5. The lowest BCUT2D eigenvalue weighted by Gasteiger charge is -2.07. The van der Waals surface area contributed by atoms with Gasteiger partial charge in [-0.1, -0.05) is 59.8 Å². The second kappa shape index (κ2) is 7.66. The smallest absolute Gasteiger partial charge is 0.192 e. The number of thiophene rings is 1. The van der Waals surface area contributed by atoms with Gasteiger partial charge in [0.1, 0.15) is 0 Å². The van der Waals surface area contributed by atoms with Gasteiger partial charge in [-0.3, -0.25) is 4.57 Å². The molecule has 2 heterocycles. The van der Waals surface area contributed by atoms with Crippen LogP contribution < -0.4 is 0 Å². The van der Waals surface area contributed by atoms with Crippen LogP contribution in [0.3, 0.4) is 0 Å². The van der Waals surface area contributed by atoms with Crippen molar-refractivity contribution in [2.24, 2.45) is 0 Å². The van der Waals surface area contributed by atoms with Gasteiger partial charge in [0.15, 0.2) is 11.0 Å². The Kier molecular flexibility index (Phi) is 5.11. The van der Waals surface area contributed by atoms with Gasteiger partial charge >= 0.3 is 0 Å². The van der Waals surface area contributed by atoms with Crippen molar-refractivity contribution in [3.8, 4) is 11.4 Å². The number of hydrogen-bond acceptors (Lipinski definition) is 4. The van der Waals surface area contributed by atoms with Crippen molar-refractivity contribution in [2.45, 2.75) is 17.5 Å². The fourth-order valence-electron chi connectivity index (χ4n) is 2.77. The van der Waals surface area contributed by atoms with E-state index in [1.165, 1.54) is 15.6 Å². The minimum absolute atomic E-state index is 0.676. The van der Waals surface area contributed by atoms with E-state index < -0.39 is 0 Å². The maximum atomic E-state index is 5.96. The largest absolute Gasteiger partial charge is 0.298 e. The van der Waals surface area contributed by atoms with Crippen LogP contribution in [-0.4, -0.2) is 14.8 Å². The molecule has 3 nitrogen and oxygen atoms in total. The van der Waals surface area contributed by atoms with Crippen LogP contribution in [0, 0.1) is 0 Å². The SMILES string of the molecule is C=CCn1c(SCc2ccc(Cl)cc2)nnc1-c1csc2ccccc12. The quantitative estimate of drug-likeness (QED) is 0.283. The Morgan fingerprint density at radius 3 is 2.73 bits per heavy atom. The molecule has 2 aromatic heterocycles. The molecule has 0 aliphatic heterocycles. The van der Waals surface area contributed by atoms with Gasteiger partial charge < -0.3 is 0 Å². The molecule has 0 bridgehead atoms. The fraction of sp³-hybridized carbons (Fsp3) is 0.100. The average Bonchev–Trinajstić information content (AvgIpc) is 3.25. The van der Waals surface area contributed by atoms with E-state index in [1.54, 1.807) is 23.1 Å². The number of aromatic nitrogens is 3. The molecule has 0 atom stereocenters. The number of benzene rings is 2. The maximum Gasteiger partial charge on any atom is 0.192 e. The first kappa shape index (κ1) is 17.3. The Bertz CT molecular complexity index is 1050. The van der Waals surface area contributed by atoms with Crippen molar-refractivity contribution in [1.29, 1.82) is 0 Å². The number of fused-ring (bicyclic) bond motifs is 1. The van der Waals surface area contributed by atoms with Gasteiger partial charge in [-0.05, 0) is 23.8 Å². The van der Waals surface area contributed by atoms with Crippen LogP contribution >= 0.6 is 34.7 Å². The molecule has 0 aliphatic carbocycles. The molecule has 0 spiro atoms. The Hall–Kier alpha value is -2.08. The molecule has 0 fully saturated rings. The molecule has 2 aromatic carbocycles. The zero-order valence-electron chi connectivity index (χ0n) is 13.9. The highest BCUT2D eigenvalue weighted by Gasteiger charge is 2.16. The fourth-order valence-corrected chi connectivity index (χ4v) is 4.74. The number of halogens is 1. The van der Waals surface area contributed by atoms with Crippen LogP contribution in [-0.2, 0) is 12.3 Å². The van der Waals surface area contributed by atoms with Crippen molar-refractivity contribution >= 4 is 44.8 Å². The van der Waals surface area contributed by atoms with Gasteiger partial charge in [0.2, 0.25) is 0 Å². The third kappa shape index (κ3) is 3.43. The molecule has 6 heteroatoms. The number of allylic oxidation sites excluding steroid dienone is 1. The van der Waals surface area contributed by atoms with E-state index in [-0.39, 0.29) is 0 Å². The first-order valence-corrected chi connectivity index (χ1v) is 10.4. The first-order chi connectivity index (χ1) is 12.8. The molecule has 0 radical (unpaired) electrons. The van der Waals surface area contributed by atoms with Crippen molar-refractivity contribution in [3.05, 3.63) is 77.2 Å². The monoisotopic (exact) mass is 397 g/mol. The van der Waals surface area contributed by atoms with E-state index >= 15 is 0 Å². The van der Waals surface area contributed by atoms with E-state index in [9.17, 15) is 0 Å². The predicted molar refractivity (Wildman–Crippen MR) is 112 cm³/mol. The lowest BCUT2D eigenvalue weighted by Crippen LogP contribution is -2.00. The van der Waals surface area contributed by atoms with Crippen molar-refractivity contribution in [1.82, 2.24) is 14.8 Å². The highest BCUT2D eigenvalue weighted by Crippen LogP contribution is 2.34. The summed E-state index contributed by atoms with van der Waals surface area (Å²) in [5, 5.41) is 13.9. The number of rotatable bonds is 6. The highest BCUT2D eigenvalue weighted by molar-refractivity contribution is 7.98. The Balaban J connectivity index is 1.66. The number of thioether (sulfide) groups is 1. The Labute approximate surface area is 165 Å². The summed E-state index contributed by atoms with van der Waals surface area (Å²) in [5.74, 6) is 1.71. The summed E-state index contributed by atoms with van der Waals surface area (Å²) in [5.41, 5.74) is 2.33. The van der Waals surface area contributed by atoms with Crippen LogP contribution in [0.4, 0.5) is 0 Å².